The highest BCUT2D eigenvalue weighted by atomic mass is 16.6. The molecule has 5 heteroatoms. The van der Waals surface area contributed by atoms with Crippen molar-refractivity contribution in [2.24, 2.45) is 0 Å². The van der Waals surface area contributed by atoms with E-state index in [0.717, 1.165) is 64.2 Å². The summed E-state index contributed by atoms with van der Waals surface area (Å²) in [5.74, 6) is -0.397. The lowest BCUT2D eigenvalue weighted by atomic mass is 10.0. The number of ether oxygens (including phenoxy) is 3. The molecule has 0 saturated heterocycles. The maximum Gasteiger partial charge on any atom is 0.306 e. The molecule has 0 aromatic rings. The van der Waals surface area contributed by atoms with Crippen molar-refractivity contribution in [2.75, 3.05) is 19.8 Å². The number of hydrogen-bond donors (Lipinski definition) is 0. The lowest BCUT2D eigenvalue weighted by Gasteiger charge is -2.18. The van der Waals surface area contributed by atoms with Gasteiger partial charge in [0.1, 0.15) is 6.61 Å². The maximum atomic E-state index is 12.9. The molecule has 0 N–H and O–H groups in total. The fourth-order valence-electron chi connectivity index (χ4n) is 9.46. The first kappa shape index (κ1) is 68.1. The van der Waals surface area contributed by atoms with Crippen LogP contribution in [-0.2, 0) is 23.8 Å². The topological polar surface area (TPSA) is 61.8 Å². The SMILES string of the molecule is CCCCC/C=C\C/C=C\C/C=C\CCCCCCC(=O)O[C@H](COCCCCCCCCCCCCCCCCCC)COC(=O)CCCCCCCCCCCCCCCCCCCCCCC. The molecule has 0 unspecified atom stereocenters. The summed E-state index contributed by atoms with van der Waals surface area (Å²) in [5.41, 5.74) is 0. The van der Waals surface area contributed by atoms with Crippen molar-refractivity contribution in [3.63, 3.8) is 0 Å². The first-order valence-electron chi connectivity index (χ1n) is 31.5. The smallest absolute Gasteiger partial charge is 0.306 e. The number of allylic oxidation sites excluding steroid dienone is 6. The Kier molecular flexibility index (Phi) is 59.8. The van der Waals surface area contributed by atoms with Crippen molar-refractivity contribution in [2.45, 2.75) is 348 Å². The number of unbranched alkanes of at least 4 members (excludes halogenated alkanes) is 42. The molecule has 1 atom stereocenters. The molecule has 0 aromatic carbocycles. The molecule has 70 heavy (non-hydrogen) atoms. The van der Waals surface area contributed by atoms with Gasteiger partial charge in [-0.05, 0) is 57.8 Å². The second-order valence-corrected chi connectivity index (χ2v) is 21.3. The summed E-state index contributed by atoms with van der Waals surface area (Å²) in [6.07, 6.45) is 76.1. The Morgan fingerprint density at radius 3 is 0.986 bits per heavy atom. The molecule has 0 aromatic heterocycles. The number of hydrogen-bond acceptors (Lipinski definition) is 5. The molecule has 0 heterocycles. The fraction of sp³-hybridized carbons (Fsp3) is 0.877. The predicted molar refractivity (Wildman–Crippen MR) is 307 cm³/mol. The third-order valence-electron chi connectivity index (χ3n) is 14.2. The van der Waals surface area contributed by atoms with Gasteiger partial charge in [-0.3, -0.25) is 9.59 Å². The highest BCUT2D eigenvalue weighted by molar-refractivity contribution is 5.70. The van der Waals surface area contributed by atoms with E-state index in [-0.39, 0.29) is 25.2 Å². The van der Waals surface area contributed by atoms with E-state index in [1.165, 1.54) is 244 Å². The van der Waals surface area contributed by atoms with Crippen LogP contribution in [0.2, 0.25) is 0 Å². The zero-order valence-corrected chi connectivity index (χ0v) is 47.6. The van der Waals surface area contributed by atoms with Crippen LogP contribution in [0.4, 0.5) is 0 Å². The van der Waals surface area contributed by atoms with Crippen molar-refractivity contribution in [3.05, 3.63) is 36.5 Å². The molecule has 0 radical (unpaired) electrons. The lowest BCUT2D eigenvalue weighted by molar-refractivity contribution is -0.163. The second kappa shape index (κ2) is 61.4. The Hall–Kier alpha value is -1.88. The number of esters is 2. The second-order valence-electron chi connectivity index (χ2n) is 21.3. The van der Waals surface area contributed by atoms with Crippen molar-refractivity contribution in [1.29, 1.82) is 0 Å². The van der Waals surface area contributed by atoms with E-state index in [1.54, 1.807) is 0 Å². The van der Waals surface area contributed by atoms with Gasteiger partial charge in [0.25, 0.3) is 0 Å². The minimum atomic E-state index is -0.543. The van der Waals surface area contributed by atoms with Crippen LogP contribution in [0.25, 0.3) is 0 Å². The summed E-state index contributed by atoms with van der Waals surface area (Å²) in [7, 11) is 0. The summed E-state index contributed by atoms with van der Waals surface area (Å²) in [5, 5.41) is 0. The summed E-state index contributed by atoms with van der Waals surface area (Å²) in [6, 6.07) is 0. The summed E-state index contributed by atoms with van der Waals surface area (Å²) < 4.78 is 17.5. The molecule has 0 spiro atoms. The Morgan fingerprint density at radius 2 is 0.600 bits per heavy atom. The molecule has 0 fully saturated rings. The van der Waals surface area contributed by atoms with Gasteiger partial charge in [-0.15, -0.1) is 0 Å². The average Bonchev–Trinajstić information content (AvgIpc) is 3.36. The van der Waals surface area contributed by atoms with E-state index in [4.69, 9.17) is 14.2 Å². The van der Waals surface area contributed by atoms with Crippen molar-refractivity contribution >= 4 is 11.9 Å². The van der Waals surface area contributed by atoms with Gasteiger partial charge in [-0.1, -0.05) is 308 Å². The van der Waals surface area contributed by atoms with E-state index in [9.17, 15) is 9.59 Å². The van der Waals surface area contributed by atoms with Crippen molar-refractivity contribution in [1.82, 2.24) is 0 Å². The standard InChI is InChI=1S/C65H122O5/c1-4-7-10-13-16-19-22-25-28-31-32-33-34-36-37-40-43-46-49-52-55-58-64(66)69-62-63(61-68-60-57-54-51-48-45-42-39-30-27-24-21-18-15-12-9-6-3)70-65(67)59-56-53-50-47-44-41-38-35-29-26-23-20-17-14-11-8-5-2/h17,20,26,29,38,41,63H,4-16,18-19,21-25,27-28,30-37,39-40,42-62H2,1-3H3/b20-17-,29-26-,41-38-/t63-/m1/s1. The van der Waals surface area contributed by atoms with Crippen LogP contribution in [-0.4, -0.2) is 37.9 Å². The Bertz CT molecular complexity index is 1110. The molecule has 0 aliphatic carbocycles. The minimum absolute atomic E-state index is 0.0834. The van der Waals surface area contributed by atoms with Gasteiger partial charge in [-0.25, -0.2) is 0 Å². The Morgan fingerprint density at radius 1 is 0.314 bits per heavy atom. The Balaban J connectivity index is 4.23. The van der Waals surface area contributed by atoms with Crippen LogP contribution in [0.5, 0.6) is 0 Å². The van der Waals surface area contributed by atoms with Gasteiger partial charge in [0.2, 0.25) is 0 Å². The van der Waals surface area contributed by atoms with Crippen LogP contribution in [0, 0.1) is 0 Å². The van der Waals surface area contributed by atoms with Crippen LogP contribution in [0.15, 0.2) is 36.5 Å². The fourth-order valence-corrected chi connectivity index (χ4v) is 9.46. The summed E-state index contributed by atoms with van der Waals surface area (Å²) in [6.45, 7) is 7.86. The number of rotatable bonds is 59. The van der Waals surface area contributed by atoms with Gasteiger partial charge in [-0.2, -0.15) is 0 Å². The molecular formula is C65H122O5. The van der Waals surface area contributed by atoms with Gasteiger partial charge >= 0.3 is 11.9 Å². The van der Waals surface area contributed by atoms with E-state index in [0.29, 0.717) is 19.4 Å². The van der Waals surface area contributed by atoms with E-state index in [2.05, 4.69) is 57.2 Å². The molecule has 5 nitrogen and oxygen atoms in total. The van der Waals surface area contributed by atoms with E-state index < -0.39 is 6.10 Å². The molecule has 0 aliphatic heterocycles. The monoisotopic (exact) mass is 983 g/mol. The van der Waals surface area contributed by atoms with E-state index in [1.807, 2.05) is 0 Å². The van der Waals surface area contributed by atoms with Crippen molar-refractivity contribution < 1.29 is 23.8 Å². The third kappa shape index (κ3) is 58.7. The number of carbonyl (C=O) groups excluding carboxylic acids is 2. The minimum Gasteiger partial charge on any atom is -0.462 e. The summed E-state index contributed by atoms with van der Waals surface area (Å²) >= 11 is 0. The lowest BCUT2D eigenvalue weighted by Crippen LogP contribution is -2.30. The molecular weight excluding hydrogens is 861 g/mol. The third-order valence-corrected chi connectivity index (χ3v) is 14.2. The normalized spacial score (nSPS) is 12.3. The molecule has 0 rings (SSSR count). The number of carbonyl (C=O) groups is 2. The molecule has 0 amide bonds. The predicted octanol–water partition coefficient (Wildman–Crippen LogP) is 21.7. The highest BCUT2D eigenvalue weighted by Gasteiger charge is 2.18. The largest absolute Gasteiger partial charge is 0.462 e. The molecule has 412 valence electrons. The van der Waals surface area contributed by atoms with E-state index >= 15 is 0 Å². The van der Waals surface area contributed by atoms with Gasteiger partial charge in [0, 0.05) is 19.4 Å². The Labute approximate surface area is 438 Å². The first-order valence-corrected chi connectivity index (χ1v) is 31.5. The molecule has 0 bridgehead atoms. The van der Waals surface area contributed by atoms with Crippen LogP contribution in [0.1, 0.15) is 342 Å². The first-order chi connectivity index (χ1) is 34.6. The molecule has 0 saturated carbocycles. The zero-order chi connectivity index (χ0) is 50.6. The molecule has 0 aliphatic rings. The van der Waals surface area contributed by atoms with Crippen LogP contribution in [0.3, 0.4) is 0 Å². The van der Waals surface area contributed by atoms with Crippen molar-refractivity contribution in [3.8, 4) is 0 Å². The zero-order valence-electron chi connectivity index (χ0n) is 47.6. The highest BCUT2D eigenvalue weighted by Crippen LogP contribution is 2.17. The quantitative estimate of drug-likeness (QED) is 0.0345. The van der Waals surface area contributed by atoms with Gasteiger partial charge in [0.05, 0.1) is 6.61 Å². The van der Waals surface area contributed by atoms with Crippen LogP contribution < -0.4 is 0 Å². The average molecular weight is 984 g/mol. The maximum absolute atomic E-state index is 12.9. The van der Waals surface area contributed by atoms with Gasteiger partial charge < -0.3 is 14.2 Å². The van der Waals surface area contributed by atoms with Crippen LogP contribution >= 0.6 is 0 Å². The van der Waals surface area contributed by atoms with Gasteiger partial charge in [0.15, 0.2) is 6.10 Å². The summed E-state index contributed by atoms with van der Waals surface area (Å²) in [4.78, 5) is 25.6.